The molecule has 0 N–H and O–H groups in total. The maximum absolute atomic E-state index is 3.82. The Balaban J connectivity index is 0.00000179. The molecule has 10 heterocycles. The van der Waals surface area contributed by atoms with E-state index in [1.807, 2.05) is 0 Å². The second-order valence-corrected chi connectivity index (χ2v) is 44.5. The van der Waals surface area contributed by atoms with Crippen LogP contribution in [0.2, 0.25) is 38.5 Å². The van der Waals surface area contributed by atoms with E-state index in [4.69, 9.17) is 0 Å². The van der Waals surface area contributed by atoms with Crippen LogP contribution >= 0.6 is 15.8 Å². The standard InChI is InChI=1S/C29H23P2.C5H5.Fe.Pd/c1-5-14-24(15-6-1)30(25-16-7-2-8-17-25)28-22-13-23-29(28)31(26-18-9-3-10-19-26)27-20-11-4-12-21-27;1-2-4-5-3-1;;/h1-23H;1-5H;;. The minimum absolute atomic E-state index is 0. The van der Waals surface area contributed by atoms with Crippen LogP contribution in [-0.2, 0) is 26.9 Å². The molecular formula is C34H28FeP2Pd. The topological polar surface area (TPSA) is 0 Å². The molecular weight excluding hydrogens is 633 g/mol. The Morgan fingerprint density at radius 3 is 0.868 bits per heavy atom. The van der Waals surface area contributed by atoms with Gasteiger partial charge >= 0.3 is 212 Å². The molecule has 0 aromatic heterocycles. The van der Waals surface area contributed by atoms with Crippen LogP contribution in [0.5, 0.6) is 0 Å². The summed E-state index contributed by atoms with van der Waals surface area (Å²) in [5.74, 6) is 0. The zero-order valence-corrected chi connectivity index (χ0v) is 25.2. The predicted molar refractivity (Wildman–Crippen MR) is 154 cm³/mol. The molecule has 14 rings (SSSR count). The van der Waals surface area contributed by atoms with E-state index in [0.29, 0.717) is 0 Å². The molecule has 10 aliphatic heterocycles. The number of hydrogen-bond acceptors (Lipinski definition) is 0. The number of rotatable bonds is 6. The van der Waals surface area contributed by atoms with Crippen molar-refractivity contribution in [1.82, 2.24) is 0 Å². The van der Waals surface area contributed by atoms with Gasteiger partial charge in [-0.1, -0.05) is 0 Å². The molecule has 0 nitrogen and oxygen atoms in total. The molecule has 0 saturated carbocycles. The summed E-state index contributed by atoms with van der Waals surface area (Å²) in [5.41, 5.74) is 0. The molecule has 4 atom stereocenters. The number of hydrogen-bond donors (Lipinski definition) is 0. The summed E-state index contributed by atoms with van der Waals surface area (Å²) in [5, 5.41) is 6.86. The van der Waals surface area contributed by atoms with Crippen LogP contribution < -0.4 is 21.2 Å². The average Bonchev–Trinajstić information content (AvgIpc) is 3.92. The quantitative estimate of drug-likeness (QED) is 0.149. The van der Waals surface area contributed by atoms with E-state index in [-0.39, 0.29) is 36.3 Å². The first-order valence-electron chi connectivity index (χ1n) is 14.1. The molecule has 0 aliphatic carbocycles. The third kappa shape index (κ3) is 0.492. The van der Waals surface area contributed by atoms with Crippen molar-refractivity contribution in [2.45, 2.75) is 46.6 Å². The van der Waals surface area contributed by atoms with E-state index in [0.717, 1.165) is 8.11 Å². The first-order valence-corrected chi connectivity index (χ1v) is 23.0. The second-order valence-electron chi connectivity index (χ2n) is 15.7. The molecule has 10 aliphatic rings. The van der Waals surface area contributed by atoms with E-state index in [2.05, 4.69) is 121 Å². The zero-order valence-electron chi connectivity index (χ0n) is 20.7. The van der Waals surface area contributed by atoms with Gasteiger partial charge in [-0.15, -0.1) is 0 Å². The third-order valence-corrected chi connectivity index (χ3v) is 76.3. The Morgan fingerprint density at radius 1 is 0.395 bits per heavy atom. The molecule has 0 radical (unpaired) electrons. The van der Waals surface area contributed by atoms with Gasteiger partial charge in [0.25, 0.3) is 0 Å². The monoisotopic (exact) mass is 660 g/mol. The fraction of sp³-hybridized carbons (Fsp3) is 0.294. The molecule has 10 fully saturated rings. The summed E-state index contributed by atoms with van der Waals surface area (Å²) < 4.78 is 1.48. The van der Waals surface area contributed by atoms with Gasteiger partial charge < -0.3 is 0 Å². The van der Waals surface area contributed by atoms with Gasteiger partial charge in [0.05, 0.1) is 0 Å². The molecule has 38 heavy (non-hydrogen) atoms. The summed E-state index contributed by atoms with van der Waals surface area (Å²) in [6.07, 6.45) is 0. The predicted octanol–water partition coefficient (Wildman–Crippen LogP) is 7.45. The Labute approximate surface area is 230 Å². The molecule has 0 bridgehead atoms. The van der Waals surface area contributed by atoms with Crippen LogP contribution in [-0.4, -0.2) is 8.11 Å². The van der Waals surface area contributed by atoms with Crippen LogP contribution in [0, 0.1) is 0 Å². The first kappa shape index (κ1) is 19.9. The maximum atomic E-state index is 2.55. The van der Waals surface area contributed by atoms with Crippen LogP contribution in [0.15, 0.2) is 121 Å². The molecule has 1 spiro atoms. The molecule has 4 aromatic rings. The molecule has 10 saturated heterocycles. The summed E-state index contributed by atoms with van der Waals surface area (Å²) in [7, 11) is -0.628. The van der Waals surface area contributed by atoms with Gasteiger partial charge in [0, 0.05) is 20.4 Å². The van der Waals surface area contributed by atoms with Crippen molar-refractivity contribution in [1.29, 1.82) is 0 Å². The van der Waals surface area contributed by atoms with Crippen LogP contribution in [0.1, 0.15) is 0 Å². The molecule has 4 aromatic carbocycles. The van der Waals surface area contributed by atoms with E-state index in [1.54, 1.807) is 21.2 Å². The van der Waals surface area contributed by atoms with Crippen molar-refractivity contribution in [2.24, 2.45) is 0 Å². The van der Waals surface area contributed by atoms with Crippen LogP contribution in [0.3, 0.4) is 0 Å². The Hall–Kier alpha value is -1.08. The fourth-order valence-electron chi connectivity index (χ4n) is 20.9. The Bertz CT molecular complexity index is 1910. The zero-order chi connectivity index (χ0) is 23.5. The minimum atomic E-state index is -3.82. The van der Waals surface area contributed by atoms with Gasteiger partial charge in [-0.3, -0.25) is 0 Å². The number of benzene rings is 4. The average molecular weight is 661 g/mol. The second kappa shape index (κ2) is 3.15. The van der Waals surface area contributed by atoms with E-state index >= 15 is 0 Å². The number of fused-ring (bicyclic) bond motifs is 10. The van der Waals surface area contributed by atoms with Crippen molar-refractivity contribution in [2.75, 3.05) is 0 Å². The Kier molecular flexibility index (Phi) is 1.65. The van der Waals surface area contributed by atoms with Crippen molar-refractivity contribution >= 4 is 37.1 Å². The van der Waals surface area contributed by atoms with Gasteiger partial charge in [-0.2, -0.15) is 0 Å². The summed E-state index contributed by atoms with van der Waals surface area (Å²) in [4.78, 5) is 10.2. The Morgan fingerprint density at radius 2 is 0.658 bits per heavy atom. The third-order valence-electron chi connectivity index (χ3n) is 19.4. The van der Waals surface area contributed by atoms with E-state index in [1.165, 1.54) is 38.5 Å². The van der Waals surface area contributed by atoms with Crippen molar-refractivity contribution in [3.05, 3.63) is 121 Å². The van der Waals surface area contributed by atoms with Crippen molar-refractivity contribution in [3.8, 4) is 0 Å². The summed E-state index contributed by atoms with van der Waals surface area (Å²) >= 11 is 0. The first-order chi connectivity index (χ1) is 18.1. The molecule has 192 valence electrons. The van der Waals surface area contributed by atoms with Gasteiger partial charge in [0.1, 0.15) is 0 Å². The molecule has 0 amide bonds. The van der Waals surface area contributed by atoms with Crippen molar-refractivity contribution < 1.29 is 26.9 Å². The SMILES string of the molecule is [Pd].c1ccc(P(c2ccccc2)[C]23[CH]4[CH]5[CH]6[C]2(P(c2ccccc2)c2ccccc2)[Fe]54632789[CH]3[CH]2[CH]7[CH]8[CH]39)cc1. The fourth-order valence-corrected chi connectivity index (χ4v) is 126. The molecule has 4 unspecified atom stereocenters. The van der Waals surface area contributed by atoms with Gasteiger partial charge in [-0.05, 0) is 0 Å². The normalized spacial score (nSPS) is 61.4. The van der Waals surface area contributed by atoms with E-state index in [9.17, 15) is 0 Å². The van der Waals surface area contributed by atoms with Crippen LogP contribution in [0.4, 0.5) is 0 Å². The van der Waals surface area contributed by atoms with Gasteiger partial charge in [0.2, 0.25) is 0 Å². The van der Waals surface area contributed by atoms with Gasteiger partial charge in [-0.25, -0.2) is 0 Å². The van der Waals surface area contributed by atoms with E-state index < -0.39 is 6.51 Å². The summed E-state index contributed by atoms with van der Waals surface area (Å²) in [6, 6.07) is 48.2. The molecule has 4 heteroatoms. The van der Waals surface area contributed by atoms with Crippen molar-refractivity contribution in [3.63, 3.8) is 0 Å². The van der Waals surface area contributed by atoms with Crippen LogP contribution in [0.25, 0.3) is 0 Å². The summed E-state index contributed by atoms with van der Waals surface area (Å²) in [6.45, 7) is -3.82. The van der Waals surface area contributed by atoms with Gasteiger partial charge in [0.15, 0.2) is 0 Å².